The van der Waals surface area contributed by atoms with Gasteiger partial charge in [0.05, 0.1) is 6.42 Å². The van der Waals surface area contributed by atoms with Gasteiger partial charge in [0.25, 0.3) is 0 Å². The third-order valence-corrected chi connectivity index (χ3v) is 3.41. The number of anilines is 1. The molecular weight excluding hydrogens is 277 g/mol. The molecule has 0 radical (unpaired) electrons. The summed E-state index contributed by atoms with van der Waals surface area (Å²) >= 11 is 1.38. The SMILES string of the molecule is CC(C)Cc1nnc(NC(=O)Cc2cccc(F)c2)s1. The quantitative estimate of drug-likeness (QED) is 0.921. The lowest BCUT2D eigenvalue weighted by atomic mass is 10.1. The number of aromatic nitrogens is 2. The molecule has 20 heavy (non-hydrogen) atoms. The topological polar surface area (TPSA) is 54.9 Å². The fourth-order valence-corrected chi connectivity index (χ4v) is 2.70. The molecule has 0 spiro atoms. The Hall–Kier alpha value is -1.82. The first-order valence-corrected chi connectivity index (χ1v) is 7.21. The molecule has 1 heterocycles. The van der Waals surface area contributed by atoms with Crippen molar-refractivity contribution in [1.82, 2.24) is 10.2 Å². The highest BCUT2D eigenvalue weighted by molar-refractivity contribution is 7.15. The Morgan fingerprint density at radius 1 is 1.40 bits per heavy atom. The molecule has 2 aromatic rings. The number of amides is 1. The monoisotopic (exact) mass is 293 g/mol. The number of benzene rings is 1. The Labute approximate surface area is 121 Å². The van der Waals surface area contributed by atoms with Crippen LogP contribution in [0.5, 0.6) is 0 Å². The summed E-state index contributed by atoms with van der Waals surface area (Å²) in [5.74, 6) is -0.0629. The second-order valence-electron chi connectivity index (χ2n) is 4.95. The van der Waals surface area contributed by atoms with Gasteiger partial charge in [0, 0.05) is 6.42 Å². The number of hydrogen-bond acceptors (Lipinski definition) is 4. The van der Waals surface area contributed by atoms with Crippen molar-refractivity contribution >= 4 is 22.4 Å². The van der Waals surface area contributed by atoms with Gasteiger partial charge in [-0.15, -0.1) is 10.2 Å². The van der Waals surface area contributed by atoms with Crippen molar-refractivity contribution in [1.29, 1.82) is 0 Å². The van der Waals surface area contributed by atoms with Gasteiger partial charge >= 0.3 is 0 Å². The van der Waals surface area contributed by atoms with Crippen molar-refractivity contribution in [3.63, 3.8) is 0 Å². The van der Waals surface area contributed by atoms with Crippen LogP contribution in [0.1, 0.15) is 24.4 Å². The largest absolute Gasteiger partial charge is 0.300 e. The summed E-state index contributed by atoms with van der Waals surface area (Å²) in [6, 6.07) is 6.00. The van der Waals surface area contributed by atoms with Gasteiger partial charge in [-0.3, -0.25) is 4.79 Å². The zero-order chi connectivity index (χ0) is 14.5. The Bertz CT molecular complexity index is 598. The van der Waals surface area contributed by atoms with Crippen LogP contribution in [0.25, 0.3) is 0 Å². The molecule has 0 saturated heterocycles. The van der Waals surface area contributed by atoms with Crippen LogP contribution in [-0.2, 0) is 17.6 Å². The summed E-state index contributed by atoms with van der Waals surface area (Å²) < 4.78 is 13.0. The van der Waals surface area contributed by atoms with E-state index < -0.39 is 0 Å². The summed E-state index contributed by atoms with van der Waals surface area (Å²) in [5, 5.41) is 12.0. The first-order valence-electron chi connectivity index (χ1n) is 6.39. The van der Waals surface area contributed by atoms with Gasteiger partial charge in [0.15, 0.2) is 0 Å². The average molecular weight is 293 g/mol. The highest BCUT2D eigenvalue weighted by Crippen LogP contribution is 2.18. The molecule has 0 unspecified atom stereocenters. The number of nitrogens with zero attached hydrogens (tertiary/aromatic N) is 2. The van der Waals surface area contributed by atoms with E-state index in [1.807, 2.05) is 0 Å². The molecule has 0 atom stereocenters. The molecule has 1 aromatic heterocycles. The maximum atomic E-state index is 13.0. The Kier molecular flexibility index (Phi) is 4.79. The van der Waals surface area contributed by atoms with Gasteiger partial charge in [-0.1, -0.05) is 37.3 Å². The van der Waals surface area contributed by atoms with Gasteiger partial charge in [0.2, 0.25) is 11.0 Å². The molecule has 4 nitrogen and oxygen atoms in total. The summed E-state index contributed by atoms with van der Waals surface area (Å²) in [6.45, 7) is 4.20. The Morgan fingerprint density at radius 2 is 2.20 bits per heavy atom. The fraction of sp³-hybridized carbons (Fsp3) is 0.357. The number of nitrogens with one attached hydrogen (secondary N) is 1. The molecule has 0 saturated carbocycles. The first kappa shape index (κ1) is 14.6. The summed E-state index contributed by atoms with van der Waals surface area (Å²) in [5.41, 5.74) is 0.634. The zero-order valence-corrected chi connectivity index (χ0v) is 12.2. The third kappa shape index (κ3) is 4.38. The average Bonchev–Trinajstić information content (AvgIpc) is 2.75. The van der Waals surface area contributed by atoms with E-state index in [1.165, 1.54) is 23.5 Å². The van der Waals surface area contributed by atoms with E-state index in [0.717, 1.165) is 11.4 Å². The second-order valence-corrected chi connectivity index (χ2v) is 6.02. The number of rotatable bonds is 5. The van der Waals surface area contributed by atoms with Crippen LogP contribution in [0.2, 0.25) is 0 Å². The fourth-order valence-electron chi connectivity index (χ4n) is 1.73. The van der Waals surface area contributed by atoms with Gasteiger partial charge in [-0.2, -0.15) is 0 Å². The maximum absolute atomic E-state index is 13.0. The first-order chi connectivity index (χ1) is 9.52. The molecule has 0 aliphatic carbocycles. The molecule has 0 aliphatic rings. The lowest BCUT2D eigenvalue weighted by molar-refractivity contribution is -0.115. The summed E-state index contributed by atoms with van der Waals surface area (Å²) in [7, 11) is 0. The van der Waals surface area contributed by atoms with Crippen LogP contribution in [0.15, 0.2) is 24.3 Å². The lowest BCUT2D eigenvalue weighted by Gasteiger charge is -2.01. The van der Waals surface area contributed by atoms with E-state index in [4.69, 9.17) is 0 Å². The van der Waals surface area contributed by atoms with Crippen molar-refractivity contribution in [3.05, 3.63) is 40.7 Å². The number of carbonyl (C=O) groups excluding carboxylic acids is 1. The molecule has 106 valence electrons. The Morgan fingerprint density at radius 3 is 2.90 bits per heavy atom. The van der Waals surface area contributed by atoms with Crippen molar-refractivity contribution in [2.75, 3.05) is 5.32 Å². The third-order valence-electron chi connectivity index (χ3n) is 2.55. The molecule has 0 bridgehead atoms. The number of carbonyl (C=O) groups is 1. The van der Waals surface area contributed by atoms with E-state index in [-0.39, 0.29) is 18.1 Å². The van der Waals surface area contributed by atoms with Crippen LogP contribution < -0.4 is 5.32 Å². The predicted octanol–water partition coefficient (Wildman–Crippen LogP) is 3.06. The Balaban J connectivity index is 1.93. The summed E-state index contributed by atoms with van der Waals surface area (Å²) in [4.78, 5) is 11.8. The minimum atomic E-state index is -0.342. The molecule has 0 fully saturated rings. The van der Waals surface area contributed by atoms with Crippen molar-refractivity contribution < 1.29 is 9.18 Å². The minimum Gasteiger partial charge on any atom is -0.300 e. The van der Waals surface area contributed by atoms with Crippen LogP contribution in [-0.4, -0.2) is 16.1 Å². The minimum absolute atomic E-state index is 0.122. The van der Waals surface area contributed by atoms with E-state index in [2.05, 4.69) is 29.4 Å². The molecule has 2 rings (SSSR count). The molecule has 1 N–H and O–H groups in total. The number of hydrogen-bond donors (Lipinski definition) is 1. The van der Waals surface area contributed by atoms with Crippen molar-refractivity contribution in [2.24, 2.45) is 5.92 Å². The summed E-state index contributed by atoms with van der Waals surface area (Å²) in [6.07, 6.45) is 0.967. The highest BCUT2D eigenvalue weighted by Gasteiger charge is 2.10. The highest BCUT2D eigenvalue weighted by atomic mass is 32.1. The number of halogens is 1. The van der Waals surface area contributed by atoms with Crippen LogP contribution in [0, 0.1) is 11.7 Å². The van der Waals surface area contributed by atoms with Gasteiger partial charge in [-0.25, -0.2) is 4.39 Å². The van der Waals surface area contributed by atoms with Crippen LogP contribution >= 0.6 is 11.3 Å². The van der Waals surface area contributed by atoms with Crippen molar-refractivity contribution in [3.8, 4) is 0 Å². The van der Waals surface area contributed by atoms with E-state index in [1.54, 1.807) is 12.1 Å². The maximum Gasteiger partial charge on any atom is 0.230 e. The molecular formula is C14H16FN3OS. The van der Waals surface area contributed by atoms with Gasteiger partial charge < -0.3 is 5.32 Å². The van der Waals surface area contributed by atoms with E-state index in [9.17, 15) is 9.18 Å². The van der Waals surface area contributed by atoms with E-state index >= 15 is 0 Å². The second kappa shape index (κ2) is 6.56. The van der Waals surface area contributed by atoms with E-state index in [0.29, 0.717) is 16.6 Å². The smallest absolute Gasteiger partial charge is 0.230 e. The van der Waals surface area contributed by atoms with Crippen LogP contribution in [0.4, 0.5) is 9.52 Å². The normalized spacial score (nSPS) is 10.8. The molecule has 1 aromatic carbocycles. The van der Waals surface area contributed by atoms with Crippen molar-refractivity contribution in [2.45, 2.75) is 26.7 Å². The van der Waals surface area contributed by atoms with Crippen LogP contribution in [0.3, 0.4) is 0 Å². The molecule has 1 amide bonds. The molecule has 0 aliphatic heterocycles. The molecule has 6 heteroatoms. The standard InChI is InChI=1S/C14H16FN3OS/c1-9(2)6-13-17-18-14(20-13)16-12(19)8-10-4-3-5-11(15)7-10/h3-5,7,9H,6,8H2,1-2H3,(H,16,18,19). The zero-order valence-electron chi connectivity index (χ0n) is 11.4. The van der Waals surface area contributed by atoms with Gasteiger partial charge in [0.1, 0.15) is 10.8 Å². The van der Waals surface area contributed by atoms with Gasteiger partial charge in [-0.05, 0) is 23.6 Å². The lowest BCUT2D eigenvalue weighted by Crippen LogP contribution is -2.14. The predicted molar refractivity (Wildman–Crippen MR) is 77.2 cm³/mol.